The number of hydrogen-bond acceptors (Lipinski definition) is 1. The van der Waals surface area contributed by atoms with Crippen molar-refractivity contribution in [1.82, 2.24) is 5.32 Å². The maximum Gasteiger partial charge on any atom is 0.189 e. The largest absolute Gasteiger partial charge is 0.370 e. The second-order valence-corrected chi connectivity index (χ2v) is 5.42. The third-order valence-corrected chi connectivity index (χ3v) is 2.47. The minimum atomic E-state index is -0.0565. The SMILES string of the molecule is Cc1ccccc1C(C)N=C(N)NC(C)(C)C. The lowest BCUT2D eigenvalue weighted by atomic mass is 10.0. The van der Waals surface area contributed by atoms with E-state index in [0.717, 1.165) is 0 Å². The van der Waals surface area contributed by atoms with Crippen LogP contribution in [0, 0.1) is 6.92 Å². The van der Waals surface area contributed by atoms with Crippen molar-refractivity contribution < 1.29 is 0 Å². The van der Waals surface area contributed by atoms with Crippen LogP contribution in [0.1, 0.15) is 44.9 Å². The van der Waals surface area contributed by atoms with Gasteiger partial charge in [0.15, 0.2) is 5.96 Å². The van der Waals surface area contributed by atoms with Gasteiger partial charge in [0.1, 0.15) is 0 Å². The van der Waals surface area contributed by atoms with E-state index >= 15 is 0 Å². The van der Waals surface area contributed by atoms with E-state index in [0.29, 0.717) is 5.96 Å². The first-order chi connectivity index (χ1) is 7.79. The van der Waals surface area contributed by atoms with Gasteiger partial charge in [-0.25, -0.2) is 4.99 Å². The quantitative estimate of drug-likeness (QED) is 0.609. The molecule has 0 saturated heterocycles. The van der Waals surface area contributed by atoms with Crippen LogP contribution in [-0.2, 0) is 0 Å². The molecule has 94 valence electrons. The lowest BCUT2D eigenvalue weighted by Gasteiger charge is -2.22. The molecule has 0 aliphatic heterocycles. The molecule has 1 aromatic rings. The molecule has 0 radical (unpaired) electrons. The van der Waals surface area contributed by atoms with Crippen LogP contribution in [0.4, 0.5) is 0 Å². The monoisotopic (exact) mass is 233 g/mol. The summed E-state index contributed by atoms with van der Waals surface area (Å²) in [6.07, 6.45) is 0. The van der Waals surface area contributed by atoms with Crippen molar-refractivity contribution in [3.63, 3.8) is 0 Å². The van der Waals surface area contributed by atoms with E-state index in [1.807, 2.05) is 12.1 Å². The number of nitrogens with zero attached hydrogens (tertiary/aromatic N) is 1. The fourth-order valence-corrected chi connectivity index (χ4v) is 1.75. The van der Waals surface area contributed by atoms with Gasteiger partial charge in [0, 0.05) is 5.54 Å². The molecule has 0 fully saturated rings. The Hall–Kier alpha value is -1.51. The van der Waals surface area contributed by atoms with Crippen molar-refractivity contribution in [2.75, 3.05) is 0 Å². The van der Waals surface area contributed by atoms with Crippen molar-refractivity contribution in [1.29, 1.82) is 0 Å². The van der Waals surface area contributed by atoms with Crippen molar-refractivity contribution >= 4 is 5.96 Å². The van der Waals surface area contributed by atoms with Crippen molar-refractivity contribution in [3.8, 4) is 0 Å². The predicted octanol–water partition coefficient (Wildman–Crippen LogP) is 2.76. The summed E-state index contributed by atoms with van der Waals surface area (Å²) in [6, 6.07) is 8.32. The van der Waals surface area contributed by atoms with Crippen LogP contribution in [0.2, 0.25) is 0 Å². The molecule has 0 aromatic heterocycles. The summed E-state index contributed by atoms with van der Waals surface area (Å²) < 4.78 is 0. The number of benzene rings is 1. The molecule has 3 heteroatoms. The Morgan fingerprint density at radius 1 is 1.29 bits per heavy atom. The molecule has 0 bridgehead atoms. The van der Waals surface area contributed by atoms with Crippen LogP contribution in [0.15, 0.2) is 29.3 Å². The molecular weight excluding hydrogens is 210 g/mol. The second kappa shape index (κ2) is 5.21. The lowest BCUT2D eigenvalue weighted by molar-refractivity contribution is 0.507. The van der Waals surface area contributed by atoms with Gasteiger partial charge >= 0.3 is 0 Å². The molecule has 0 heterocycles. The summed E-state index contributed by atoms with van der Waals surface area (Å²) in [5, 5.41) is 3.17. The van der Waals surface area contributed by atoms with Crippen molar-refractivity contribution in [3.05, 3.63) is 35.4 Å². The number of nitrogens with two attached hydrogens (primary N) is 1. The average Bonchev–Trinajstić information content (AvgIpc) is 2.14. The van der Waals surface area contributed by atoms with Crippen LogP contribution in [0.25, 0.3) is 0 Å². The molecule has 17 heavy (non-hydrogen) atoms. The minimum absolute atomic E-state index is 0.0565. The first-order valence-corrected chi connectivity index (χ1v) is 5.96. The van der Waals surface area contributed by atoms with Crippen LogP contribution >= 0.6 is 0 Å². The standard InChI is InChI=1S/C14H23N3/c1-10-8-6-7-9-12(10)11(2)16-13(15)17-14(3,4)5/h6-9,11H,1-5H3,(H3,15,16,17). The van der Waals surface area contributed by atoms with E-state index in [1.165, 1.54) is 11.1 Å². The van der Waals surface area contributed by atoms with E-state index in [2.05, 4.69) is 57.1 Å². The smallest absolute Gasteiger partial charge is 0.189 e. The second-order valence-electron chi connectivity index (χ2n) is 5.42. The summed E-state index contributed by atoms with van der Waals surface area (Å²) >= 11 is 0. The molecule has 3 N–H and O–H groups in total. The van der Waals surface area contributed by atoms with E-state index in [-0.39, 0.29) is 11.6 Å². The van der Waals surface area contributed by atoms with E-state index < -0.39 is 0 Å². The molecule has 0 amide bonds. The van der Waals surface area contributed by atoms with Gasteiger partial charge in [0.05, 0.1) is 6.04 Å². The Bertz CT molecular complexity index is 402. The molecule has 0 aliphatic carbocycles. The molecule has 0 aliphatic rings. The summed E-state index contributed by atoms with van der Waals surface area (Å²) in [5.41, 5.74) is 8.29. The first-order valence-electron chi connectivity index (χ1n) is 5.96. The molecule has 1 aromatic carbocycles. The summed E-state index contributed by atoms with van der Waals surface area (Å²) in [7, 11) is 0. The Morgan fingerprint density at radius 2 is 1.88 bits per heavy atom. The van der Waals surface area contributed by atoms with Crippen molar-refractivity contribution in [2.24, 2.45) is 10.7 Å². The third-order valence-electron chi connectivity index (χ3n) is 2.47. The highest BCUT2D eigenvalue weighted by Crippen LogP contribution is 2.20. The van der Waals surface area contributed by atoms with Gasteiger partial charge in [-0.3, -0.25) is 0 Å². The third kappa shape index (κ3) is 4.47. The Kier molecular flexibility index (Phi) is 4.16. The summed E-state index contributed by atoms with van der Waals surface area (Å²) in [4.78, 5) is 4.48. The summed E-state index contributed by atoms with van der Waals surface area (Å²) in [6.45, 7) is 10.3. The van der Waals surface area contributed by atoms with Crippen LogP contribution < -0.4 is 11.1 Å². The molecule has 0 spiro atoms. The lowest BCUT2D eigenvalue weighted by Crippen LogP contribution is -2.45. The Morgan fingerprint density at radius 3 is 2.41 bits per heavy atom. The maximum absolute atomic E-state index is 5.89. The van der Waals surface area contributed by atoms with Gasteiger partial charge in [0.25, 0.3) is 0 Å². The highest BCUT2D eigenvalue weighted by atomic mass is 15.1. The maximum atomic E-state index is 5.89. The number of guanidine groups is 1. The van der Waals surface area contributed by atoms with Gasteiger partial charge in [-0.05, 0) is 45.7 Å². The summed E-state index contributed by atoms with van der Waals surface area (Å²) in [5.74, 6) is 0.494. The van der Waals surface area contributed by atoms with Crippen LogP contribution in [-0.4, -0.2) is 11.5 Å². The predicted molar refractivity (Wildman–Crippen MR) is 74.1 cm³/mol. The average molecular weight is 233 g/mol. The van der Waals surface area contributed by atoms with E-state index in [4.69, 9.17) is 5.73 Å². The topological polar surface area (TPSA) is 50.4 Å². The molecule has 1 rings (SSSR count). The number of nitrogens with one attached hydrogen (secondary N) is 1. The fraction of sp³-hybridized carbons (Fsp3) is 0.500. The zero-order valence-corrected chi connectivity index (χ0v) is 11.4. The highest BCUT2D eigenvalue weighted by Gasteiger charge is 2.12. The molecule has 1 atom stereocenters. The van der Waals surface area contributed by atoms with Gasteiger partial charge in [-0.15, -0.1) is 0 Å². The normalized spacial score (nSPS) is 14.5. The Balaban J connectivity index is 2.82. The van der Waals surface area contributed by atoms with E-state index in [9.17, 15) is 0 Å². The van der Waals surface area contributed by atoms with Crippen LogP contribution in [0.5, 0.6) is 0 Å². The number of rotatable bonds is 2. The highest BCUT2D eigenvalue weighted by molar-refractivity contribution is 5.78. The van der Waals surface area contributed by atoms with E-state index in [1.54, 1.807) is 0 Å². The van der Waals surface area contributed by atoms with Gasteiger partial charge in [-0.1, -0.05) is 24.3 Å². The Labute approximate surface area is 104 Å². The van der Waals surface area contributed by atoms with Crippen LogP contribution in [0.3, 0.4) is 0 Å². The zero-order chi connectivity index (χ0) is 13.1. The first kappa shape index (κ1) is 13.6. The number of aliphatic imine (C=N–C) groups is 1. The van der Waals surface area contributed by atoms with Crippen molar-refractivity contribution in [2.45, 2.75) is 46.2 Å². The number of aryl methyl sites for hydroxylation is 1. The molecular formula is C14H23N3. The van der Waals surface area contributed by atoms with Gasteiger partial charge in [0.2, 0.25) is 0 Å². The van der Waals surface area contributed by atoms with Gasteiger partial charge in [-0.2, -0.15) is 0 Å². The van der Waals surface area contributed by atoms with Gasteiger partial charge < -0.3 is 11.1 Å². The molecule has 3 nitrogen and oxygen atoms in total. The zero-order valence-electron chi connectivity index (χ0n) is 11.4. The minimum Gasteiger partial charge on any atom is -0.370 e. The fourth-order valence-electron chi connectivity index (χ4n) is 1.75. The molecule has 0 saturated carbocycles. The number of hydrogen-bond donors (Lipinski definition) is 2. The molecule has 1 unspecified atom stereocenters.